The first-order chi connectivity index (χ1) is 12.3. The number of fused-ring (bicyclic) bond motifs is 1. The molecule has 1 aliphatic carbocycles. The SMILES string of the molecule is CC(C)(C)c1ccc(C(=O)N2CC3CC3(OC(=O)c3ccco3)C2)cc1. The molecule has 1 aromatic carbocycles. The zero-order valence-electron chi connectivity index (χ0n) is 15.3. The van der Waals surface area contributed by atoms with E-state index in [0.717, 1.165) is 6.42 Å². The number of likely N-dealkylation sites (tertiary alicyclic amines) is 1. The number of rotatable bonds is 3. The summed E-state index contributed by atoms with van der Waals surface area (Å²) in [6.07, 6.45) is 2.26. The Morgan fingerprint density at radius 3 is 2.54 bits per heavy atom. The predicted octanol–water partition coefficient (Wildman–Crippen LogP) is 3.65. The Hall–Kier alpha value is -2.56. The van der Waals surface area contributed by atoms with Crippen molar-refractivity contribution < 1.29 is 18.7 Å². The maximum absolute atomic E-state index is 12.8. The van der Waals surface area contributed by atoms with Crippen LogP contribution in [0.1, 0.15) is 53.7 Å². The van der Waals surface area contributed by atoms with Crippen molar-refractivity contribution in [1.82, 2.24) is 4.90 Å². The van der Waals surface area contributed by atoms with E-state index in [4.69, 9.17) is 9.15 Å². The number of amides is 1. The molecule has 0 bridgehead atoms. The summed E-state index contributed by atoms with van der Waals surface area (Å²) >= 11 is 0. The number of ether oxygens (including phenoxy) is 1. The maximum atomic E-state index is 12.8. The zero-order chi connectivity index (χ0) is 18.5. The molecule has 2 aromatic rings. The number of benzene rings is 1. The first kappa shape index (κ1) is 16.9. The van der Waals surface area contributed by atoms with Gasteiger partial charge in [0.25, 0.3) is 5.91 Å². The van der Waals surface area contributed by atoms with Gasteiger partial charge >= 0.3 is 5.97 Å². The standard InChI is InChI=1S/C21H23NO4/c1-20(2,3)15-8-6-14(7-9-15)18(23)22-12-16-11-21(16,13-22)26-19(24)17-5-4-10-25-17/h4-10,16H,11-13H2,1-3H3. The van der Waals surface area contributed by atoms with Gasteiger partial charge in [-0.1, -0.05) is 32.9 Å². The van der Waals surface area contributed by atoms with E-state index in [2.05, 4.69) is 20.8 Å². The Bertz CT molecular complexity index is 832. The fourth-order valence-electron chi connectivity index (χ4n) is 3.67. The van der Waals surface area contributed by atoms with Crippen LogP contribution < -0.4 is 0 Å². The average Bonchev–Trinajstić information content (AvgIpc) is 2.98. The molecule has 2 fully saturated rings. The summed E-state index contributed by atoms with van der Waals surface area (Å²) in [5.41, 5.74) is 1.39. The smallest absolute Gasteiger partial charge is 0.374 e. The molecule has 1 saturated carbocycles. The average molecular weight is 353 g/mol. The largest absolute Gasteiger partial charge is 0.457 e. The van der Waals surface area contributed by atoms with Crippen LogP contribution in [0.5, 0.6) is 0 Å². The molecule has 0 spiro atoms. The summed E-state index contributed by atoms with van der Waals surface area (Å²) in [5.74, 6) is -0.0424. The summed E-state index contributed by atoms with van der Waals surface area (Å²) in [5, 5.41) is 0. The number of carbonyl (C=O) groups excluding carboxylic acids is 2. The fourth-order valence-corrected chi connectivity index (χ4v) is 3.67. The summed E-state index contributed by atoms with van der Waals surface area (Å²) in [7, 11) is 0. The van der Waals surface area contributed by atoms with Crippen LogP contribution in [0, 0.1) is 5.92 Å². The molecule has 2 unspecified atom stereocenters. The molecule has 1 saturated heterocycles. The van der Waals surface area contributed by atoms with E-state index in [1.54, 1.807) is 17.0 Å². The molecule has 2 heterocycles. The Labute approximate surface area is 152 Å². The van der Waals surface area contributed by atoms with Crippen molar-refractivity contribution in [3.05, 3.63) is 59.5 Å². The van der Waals surface area contributed by atoms with Gasteiger partial charge in [0, 0.05) is 18.0 Å². The van der Waals surface area contributed by atoms with E-state index < -0.39 is 11.6 Å². The highest BCUT2D eigenvalue weighted by atomic mass is 16.6. The van der Waals surface area contributed by atoms with Crippen LogP contribution in [0.25, 0.3) is 0 Å². The van der Waals surface area contributed by atoms with Gasteiger partial charge in [-0.3, -0.25) is 4.79 Å². The number of piperidine rings is 1. The molecule has 4 rings (SSSR count). The third kappa shape index (κ3) is 2.91. The molecule has 1 amide bonds. The Morgan fingerprint density at radius 1 is 1.19 bits per heavy atom. The van der Waals surface area contributed by atoms with Crippen molar-refractivity contribution in [3.8, 4) is 0 Å². The lowest BCUT2D eigenvalue weighted by molar-refractivity contribution is 0.0155. The molecular weight excluding hydrogens is 330 g/mol. The van der Waals surface area contributed by atoms with Crippen molar-refractivity contribution in [2.75, 3.05) is 13.1 Å². The lowest BCUT2D eigenvalue weighted by Gasteiger charge is -2.22. The van der Waals surface area contributed by atoms with E-state index in [0.29, 0.717) is 18.7 Å². The van der Waals surface area contributed by atoms with Gasteiger partial charge in [0.05, 0.1) is 12.8 Å². The van der Waals surface area contributed by atoms with Crippen LogP contribution in [0.3, 0.4) is 0 Å². The highest BCUT2D eigenvalue weighted by Crippen LogP contribution is 2.53. The second-order valence-electron chi connectivity index (χ2n) is 8.35. The Balaban J connectivity index is 1.43. The topological polar surface area (TPSA) is 59.8 Å². The van der Waals surface area contributed by atoms with Gasteiger partial charge in [0.1, 0.15) is 5.60 Å². The monoisotopic (exact) mass is 353 g/mol. The molecule has 5 heteroatoms. The second kappa shape index (κ2) is 5.73. The van der Waals surface area contributed by atoms with Gasteiger partial charge in [-0.25, -0.2) is 4.79 Å². The quantitative estimate of drug-likeness (QED) is 0.791. The van der Waals surface area contributed by atoms with Crippen molar-refractivity contribution in [1.29, 1.82) is 0 Å². The van der Waals surface area contributed by atoms with Crippen LogP contribution >= 0.6 is 0 Å². The molecule has 2 atom stereocenters. The maximum Gasteiger partial charge on any atom is 0.374 e. The molecule has 1 aliphatic heterocycles. The number of carbonyl (C=O) groups is 2. The van der Waals surface area contributed by atoms with Crippen molar-refractivity contribution >= 4 is 11.9 Å². The lowest BCUT2D eigenvalue weighted by Crippen LogP contribution is -2.35. The molecule has 136 valence electrons. The van der Waals surface area contributed by atoms with Crippen LogP contribution in [0.15, 0.2) is 47.1 Å². The third-order valence-corrected chi connectivity index (χ3v) is 5.38. The minimum Gasteiger partial charge on any atom is -0.457 e. The number of hydrogen-bond acceptors (Lipinski definition) is 4. The predicted molar refractivity (Wildman–Crippen MR) is 96.0 cm³/mol. The van der Waals surface area contributed by atoms with E-state index in [1.165, 1.54) is 11.8 Å². The van der Waals surface area contributed by atoms with Crippen LogP contribution in [0.4, 0.5) is 0 Å². The van der Waals surface area contributed by atoms with Crippen LogP contribution in [-0.4, -0.2) is 35.5 Å². The van der Waals surface area contributed by atoms with Gasteiger partial charge in [-0.05, 0) is 41.7 Å². The normalized spacial score (nSPS) is 24.3. The number of furan rings is 1. The fraction of sp³-hybridized carbons (Fsp3) is 0.429. The first-order valence-electron chi connectivity index (χ1n) is 8.95. The third-order valence-electron chi connectivity index (χ3n) is 5.38. The summed E-state index contributed by atoms with van der Waals surface area (Å²) in [6.45, 7) is 7.52. The molecule has 0 radical (unpaired) electrons. The van der Waals surface area contributed by atoms with Gasteiger partial charge in [-0.2, -0.15) is 0 Å². The summed E-state index contributed by atoms with van der Waals surface area (Å²) in [4.78, 5) is 26.7. The second-order valence-corrected chi connectivity index (χ2v) is 8.35. The Morgan fingerprint density at radius 2 is 1.92 bits per heavy atom. The molecule has 2 aliphatic rings. The van der Waals surface area contributed by atoms with E-state index in [9.17, 15) is 9.59 Å². The van der Waals surface area contributed by atoms with Gasteiger partial charge in [0.15, 0.2) is 0 Å². The lowest BCUT2D eigenvalue weighted by atomic mass is 9.86. The van der Waals surface area contributed by atoms with Gasteiger partial charge in [0.2, 0.25) is 5.76 Å². The highest BCUT2D eigenvalue weighted by molar-refractivity contribution is 5.95. The van der Waals surface area contributed by atoms with E-state index in [-0.39, 0.29) is 23.0 Å². The molecule has 1 aromatic heterocycles. The highest BCUT2D eigenvalue weighted by Gasteiger charge is 2.64. The Kier molecular flexibility index (Phi) is 3.72. The molecule has 0 N–H and O–H groups in total. The minimum atomic E-state index is -0.537. The van der Waals surface area contributed by atoms with Gasteiger partial charge in [-0.15, -0.1) is 0 Å². The molecular formula is C21H23NO4. The van der Waals surface area contributed by atoms with Gasteiger partial charge < -0.3 is 14.1 Å². The summed E-state index contributed by atoms with van der Waals surface area (Å²) < 4.78 is 10.8. The number of nitrogens with zero attached hydrogens (tertiary/aromatic N) is 1. The minimum absolute atomic E-state index is 0.00826. The zero-order valence-corrected chi connectivity index (χ0v) is 15.3. The number of hydrogen-bond donors (Lipinski definition) is 0. The molecule has 5 nitrogen and oxygen atoms in total. The summed E-state index contributed by atoms with van der Waals surface area (Å²) in [6, 6.07) is 11.0. The van der Waals surface area contributed by atoms with Crippen molar-refractivity contribution in [2.24, 2.45) is 5.92 Å². The van der Waals surface area contributed by atoms with E-state index >= 15 is 0 Å². The van der Waals surface area contributed by atoms with Crippen LogP contribution in [0.2, 0.25) is 0 Å². The van der Waals surface area contributed by atoms with Crippen molar-refractivity contribution in [3.63, 3.8) is 0 Å². The van der Waals surface area contributed by atoms with Crippen LogP contribution in [-0.2, 0) is 10.2 Å². The molecule has 26 heavy (non-hydrogen) atoms. The van der Waals surface area contributed by atoms with Crippen molar-refractivity contribution in [2.45, 2.75) is 38.2 Å². The van der Waals surface area contributed by atoms with E-state index in [1.807, 2.05) is 24.3 Å². The number of esters is 1. The first-order valence-corrected chi connectivity index (χ1v) is 8.95.